The number of nitrogens with one attached hydrogen (secondary N) is 1. The Kier molecular flexibility index (Phi) is 4.43. The van der Waals surface area contributed by atoms with Gasteiger partial charge in [0.15, 0.2) is 0 Å². The van der Waals surface area contributed by atoms with E-state index in [0.29, 0.717) is 10.8 Å². The molecule has 0 aliphatic carbocycles. The number of rotatable bonds is 2. The number of ether oxygens (including phenoxy) is 1. The summed E-state index contributed by atoms with van der Waals surface area (Å²) in [6.45, 7) is 5.49. The summed E-state index contributed by atoms with van der Waals surface area (Å²) < 4.78 is 7.27. The van der Waals surface area contributed by atoms with Gasteiger partial charge in [-0.2, -0.15) is 0 Å². The number of amides is 1. The lowest BCUT2D eigenvalue weighted by Gasteiger charge is -2.19. The van der Waals surface area contributed by atoms with Gasteiger partial charge in [0, 0.05) is 29.9 Å². The van der Waals surface area contributed by atoms with E-state index in [0.717, 1.165) is 22.0 Å². The van der Waals surface area contributed by atoms with Crippen LogP contribution in [-0.4, -0.2) is 21.2 Å². The Bertz CT molecular complexity index is 924. The molecular formula is C19H20ClN3O2. The average Bonchev–Trinajstić information content (AvgIpc) is 2.82. The molecule has 0 aliphatic heterocycles. The van der Waals surface area contributed by atoms with Gasteiger partial charge in [-0.1, -0.05) is 23.7 Å². The fourth-order valence-corrected chi connectivity index (χ4v) is 2.79. The van der Waals surface area contributed by atoms with E-state index in [1.54, 1.807) is 6.20 Å². The van der Waals surface area contributed by atoms with Crippen LogP contribution < -0.4 is 5.32 Å². The second kappa shape index (κ2) is 6.41. The van der Waals surface area contributed by atoms with Crippen molar-refractivity contribution in [2.45, 2.75) is 26.4 Å². The minimum atomic E-state index is -0.527. The van der Waals surface area contributed by atoms with Gasteiger partial charge in [-0.25, -0.2) is 9.78 Å². The molecule has 2 aromatic heterocycles. The number of anilines is 1. The standard InChI is InChI=1S/C19H20ClN3O2/c1-19(2,3)25-18(24)22-13-7-5-12(6-8-13)15-11-23(4)16-10-21-17(20)9-14(15)16/h5-11H,1-4H3,(H,22,24). The zero-order valence-corrected chi connectivity index (χ0v) is 15.4. The first-order valence-corrected chi connectivity index (χ1v) is 8.32. The number of carbonyl (C=O) groups excluding carboxylic acids is 1. The Morgan fingerprint density at radius 2 is 1.92 bits per heavy atom. The highest BCUT2D eigenvalue weighted by atomic mass is 35.5. The number of benzene rings is 1. The van der Waals surface area contributed by atoms with Crippen molar-refractivity contribution in [3.63, 3.8) is 0 Å². The van der Waals surface area contributed by atoms with Crippen molar-refractivity contribution in [2.24, 2.45) is 7.05 Å². The van der Waals surface area contributed by atoms with Gasteiger partial charge in [0.2, 0.25) is 0 Å². The van der Waals surface area contributed by atoms with Crippen LogP contribution >= 0.6 is 11.6 Å². The molecule has 1 amide bonds. The Balaban J connectivity index is 1.86. The number of hydrogen-bond donors (Lipinski definition) is 1. The third kappa shape index (κ3) is 3.94. The molecule has 25 heavy (non-hydrogen) atoms. The lowest BCUT2D eigenvalue weighted by Crippen LogP contribution is -2.27. The molecule has 0 atom stereocenters. The zero-order chi connectivity index (χ0) is 18.2. The molecule has 0 saturated heterocycles. The maximum atomic E-state index is 11.8. The summed E-state index contributed by atoms with van der Waals surface area (Å²) >= 11 is 6.04. The van der Waals surface area contributed by atoms with Crippen LogP contribution in [0, 0.1) is 0 Å². The van der Waals surface area contributed by atoms with Crippen molar-refractivity contribution in [1.82, 2.24) is 9.55 Å². The summed E-state index contributed by atoms with van der Waals surface area (Å²) in [7, 11) is 1.97. The van der Waals surface area contributed by atoms with Gasteiger partial charge in [-0.3, -0.25) is 5.32 Å². The highest BCUT2D eigenvalue weighted by molar-refractivity contribution is 6.30. The quantitative estimate of drug-likeness (QED) is 0.638. The van der Waals surface area contributed by atoms with E-state index in [4.69, 9.17) is 16.3 Å². The summed E-state index contributed by atoms with van der Waals surface area (Å²) in [4.78, 5) is 16.0. The SMILES string of the molecule is Cn1cc(-c2ccc(NC(=O)OC(C)(C)C)cc2)c2cc(Cl)ncc21. The first-order chi connectivity index (χ1) is 11.7. The third-order valence-corrected chi connectivity index (χ3v) is 3.89. The summed E-state index contributed by atoms with van der Waals surface area (Å²) in [5.74, 6) is 0. The molecule has 2 heterocycles. The van der Waals surface area contributed by atoms with Gasteiger partial charge in [0.05, 0.1) is 11.7 Å². The number of aryl methyl sites for hydroxylation is 1. The average molecular weight is 358 g/mol. The van der Waals surface area contributed by atoms with E-state index in [1.165, 1.54) is 0 Å². The molecule has 5 nitrogen and oxygen atoms in total. The second-order valence-electron chi connectivity index (χ2n) is 6.88. The van der Waals surface area contributed by atoms with Crippen LogP contribution in [0.25, 0.3) is 22.0 Å². The number of hydrogen-bond acceptors (Lipinski definition) is 3. The normalized spacial score (nSPS) is 11.6. The molecule has 0 radical (unpaired) electrons. The largest absolute Gasteiger partial charge is 0.444 e. The monoisotopic (exact) mass is 357 g/mol. The molecule has 0 fully saturated rings. The summed E-state index contributed by atoms with van der Waals surface area (Å²) in [6, 6.07) is 9.46. The number of fused-ring (bicyclic) bond motifs is 1. The molecule has 0 saturated carbocycles. The van der Waals surface area contributed by atoms with Crippen molar-refractivity contribution in [3.05, 3.63) is 47.9 Å². The minimum absolute atomic E-state index is 0.461. The molecule has 1 aromatic carbocycles. The van der Waals surface area contributed by atoms with Crippen LogP contribution in [0.15, 0.2) is 42.7 Å². The lowest BCUT2D eigenvalue weighted by atomic mass is 10.1. The smallest absolute Gasteiger partial charge is 0.412 e. The lowest BCUT2D eigenvalue weighted by molar-refractivity contribution is 0.0636. The maximum absolute atomic E-state index is 11.8. The Labute approximate surface area is 151 Å². The number of halogens is 1. The molecule has 3 aromatic rings. The molecule has 0 unspecified atom stereocenters. The van der Waals surface area contributed by atoms with E-state index >= 15 is 0 Å². The second-order valence-corrected chi connectivity index (χ2v) is 7.27. The maximum Gasteiger partial charge on any atom is 0.412 e. The van der Waals surface area contributed by atoms with Crippen LogP contribution in [0.4, 0.5) is 10.5 Å². The van der Waals surface area contributed by atoms with Crippen molar-refractivity contribution in [3.8, 4) is 11.1 Å². The number of nitrogens with zero attached hydrogens (tertiary/aromatic N) is 2. The van der Waals surface area contributed by atoms with E-state index < -0.39 is 11.7 Å². The fourth-order valence-electron chi connectivity index (χ4n) is 2.64. The minimum Gasteiger partial charge on any atom is -0.444 e. The molecule has 3 rings (SSSR count). The van der Waals surface area contributed by atoms with Crippen LogP contribution in [0.1, 0.15) is 20.8 Å². The Morgan fingerprint density at radius 1 is 1.24 bits per heavy atom. The summed E-state index contributed by atoms with van der Waals surface area (Å²) in [6.07, 6.45) is 3.33. The highest BCUT2D eigenvalue weighted by Gasteiger charge is 2.16. The zero-order valence-electron chi connectivity index (χ0n) is 14.6. The highest BCUT2D eigenvalue weighted by Crippen LogP contribution is 2.31. The van der Waals surface area contributed by atoms with E-state index in [9.17, 15) is 4.79 Å². The predicted octanol–water partition coefficient (Wildman–Crippen LogP) is 5.24. The third-order valence-electron chi connectivity index (χ3n) is 3.68. The van der Waals surface area contributed by atoms with Crippen molar-refractivity contribution < 1.29 is 9.53 Å². The first-order valence-electron chi connectivity index (χ1n) is 7.94. The van der Waals surface area contributed by atoms with E-state index in [2.05, 4.69) is 10.3 Å². The molecule has 130 valence electrons. The molecule has 0 aliphatic rings. The van der Waals surface area contributed by atoms with Crippen LogP contribution in [-0.2, 0) is 11.8 Å². The fraction of sp³-hybridized carbons (Fsp3) is 0.263. The topological polar surface area (TPSA) is 56.2 Å². The van der Waals surface area contributed by atoms with Crippen LogP contribution in [0.2, 0.25) is 5.15 Å². The van der Waals surface area contributed by atoms with Crippen molar-refractivity contribution in [1.29, 1.82) is 0 Å². The van der Waals surface area contributed by atoms with Gasteiger partial charge < -0.3 is 9.30 Å². The predicted molar refractivity (Wildman–Crippen MR) is 101 cm³/mol. The Hall–Kier alpha value is -2.53. The molecule has 0 bridgehead atoms. The molecule has 0 spiro atoms. The van der Waals surface area contributed by atoms with Gasteiger partial charge in [-0.15, -0.1) is 0 Å². The Morgan fingerprint density at radius 3 is 2.56 bits per heavy atom. The number of pyridine rings is 1. The number of aromatic nitrogens is 2. The van der Waals surface area contributed by atoms with Crippen molar-refractivity contribution >= 4 is 34.3 Å². The number of carbonyl (C=O) groups is 1. The molecule has 6 heteroatoms. The van der Waals surface area contributed by atoms with Crippen LogP contribution in [0.5, 0.6) is 0 Å². The van der Waals surface area contributed by atoms with Gasteiger partial charge in [0.1, 0.15) is 10.8 Å². The van der Waals surface area contributed by atoms with Crippen molar-refractivity contribution in [2.75, 3.05) is 5.32 Å². The molecule has 1 N–H and O–H groups in total. The summed E-state index contributed by atoms with van der Waals surface area (Å²) in [5, 5.41) is 4.23. The van der Waals surface area contributed by atoms with Gasteiger partial charge in [0.25, 0.3) is 0 Å². The first kappa shape index (κ1) is 17.3. The van der Waals surface area contributed by atoms with E-state index in [-0.39, 0.29) is 0 Å². The van der Waals surface area contributed by atoms with E-state index in [1.807, 2.05) is 68.9 Å². The summed E-state index contributed by atoms with van der Waals surface area (Å²) in [5.41, 5.74) is 3.25. The van der Waals surface area contributed by atoms with Crippen LogP contribution in [0.3, 0.4) is 0 Å². The van der Waals surface area contributed by atoms with Gasteiger partial charge in [-0.05, 0) is 44.5 Å². The molecular weight excluding hydrogens is 338 g/mol. The van der Waals surface area contributed by atoms with Gasteiger partial charge >= 0.3 is 6.09 Å².